The van der Waals surface area contributed by atoms with Crippen LogP contribution in [0.2, 0.25) is 5.02 Å². The highest BCUT2D eigenvalue weighted by Gasteiger charge is 2.38. The number of benzene rings is 3. The molecule has 1 aliphatic heterocycles. The summed E-state index contributed by atoms with van der Waals surface area (Å²) in [6.45, 7) is -0.355. The van der Waals surface area contributed by atoms with E-state index in [1.807, 2.05) is 0 Å². The van der Waals surface area contributed by atoms with Crippen LogP contribution >= 0.6 is 11.6 Å². The molecule has 0 fully saturated rings. The Morgan fingerprint density at radius 1 is 1.06 bits per heavy atom. The lowest BCUT2D eigenvalue weighted by Gasteiger charge is -2.34. The van der Waals surface area contributed by atoms with Crippen molar-refractivity contribution in [2.75, 3.05) is 16.2 Å². The minimum absolute atomic E-state index is 0.0160. The van der Waals surface area contributed by atoms with Crippen LogP contribution in [0.15, 0.2) is 77.7 Å². The molecule has 34 heavy (non-hydrogen) atoms. The molecular formula is C22H16ClF3N2O5S. The zero-order valence-electron chi connectivity index (χ0n) is 17.1. The molecule has 0 aliphatic carbocycles. The van der Waals surface area contributed by atoms with E-state index in [9.17, 15) is 26.4 Å². The molecule has 1 amide bonds. The first-order chi connectivity index (χ1) is 16.0. The maximum Gasteiger partial charge on any atom is 0.573 e. The summed E-state index contributed by atoms with van der Waals surface area (Å²) in [6.07, 6.45) is -6.09. The Labute approximate surface area is 197 Å². The lowest BCUT2D eigenvalue weighted by molar-refractivity contribution is -0.274. The Hall–Kier alpha value is -3.44. The SMILES string of the molecule is O=C(Nc1ccc(OC(F)(F)F)cc1)[C@H]1CN(S(=O)(=O)c2ccccc2)c2cc(Cl)ccc2O1. The number of rotatable bonds is 5. The average Bonchev–Trinajstić information content (AvgIpc) is 2.79. The number of hydrogen-bond acceptors (Lipinski definition) is 5. The zero-order chi connectivity index (χ0) is 24.5. The van der Waals surface area contributed by atoms with E-state index in [1.165, 1.54) is 42.5 Å². The summed E-state index contributed by atoms with van der Waals surface area (Å²) in [4.78, 5) is 12.9. The van der Waals surface area contributed by atoms with Crippen LogP contribution in [0.4, 0.5) is 24.5 Å². The van der Waals surface area contributed by atoms with Crippen LogP contribution in [-0.4, -0.2) is 33.3 Å². The Balaban J connectivity index is 1.59. The van der Waals surface area contributed by atoms with Crippen molar-refractivity contribution in [3.8, 4) is 11.5 Å². The third-order valence-corrected chi connectivity index (χ3v) is 6.80. The monoisotopic (exact) mass is 512 g/mol. The predicted molar refractivity (Wildman–Crippen MR) is 119 cm³/mol. The molecule has 3 aromatic carbocycles. The van der Waals surface area contributed by atoms with Crippen molar-refractivity contribution in [3.63, 3.8) is 0 Å². The van der Waals surface area contributed by atoms with Gasteiger partial charge in [-0.15, -0.1) is 13.2 Å². The number of nitrogens with zero attached hydrogens (tertiary/aromatic N) is 1. The third kappa shape index (κ3) is 5.20. The van der Waals surface area contributed by atoms with Crippen LogP contribution < -0.4 is 19.1 Å². The van der Waals surface area contributed by atoms with Gasteiger partial charge in [0.2, 0.25) is 0 Å². The highest BCUT2D eigenvalue weighted by Crippen LogP contribution is 2.39. The summed E-state index contributed by atoms with van der Waals surface area (Å²) in [5.74, 6) is -1.02. The summed E-state index contributed by atoms with van der Waals surface area (Å²) in [7, 11) is -4.06. The van der Waals surface area contributed by atoms with Gasteiger partial charge in [-0.1, -0.05) is 29.8 Å². The molecule has 4 rings (SSSR count). The Morgan fingerprint density at radius 3 is 2.38 bits per heavy atom. The zero-order valence-corrected chi connectivity index (χ0v) is 18.7. The maximum absolute atomic E-state index is 13.3. The first kappa shape index (κ1) is 23.7. The second kappa shape index (κ2) is 9.07. The van der Waals surface area contributed by atoms with E-state index in [-0.39, 0.29) is 33.6 Å². The molecule has 0 saturated heterocycles. The molecule has 3 aromatic rings. The topological polar surface area (TPSA) is 84.9 Å². The van der Waals surface area contributed by atoms with Gasteiger partial charge in [-0.2, -0.15) is 0 Å². The quantitative estimate of drug-likeness (QED) is 0.529. The first-order valence-electron chi connectivity index (χ1n) is 9.74. The number of nitrogens with one attached hydrogen (secondary N) is 1. The van der Waals surface area contributed by atoms with E-state index in [0.717, 1.165) is 16.4 Å². The number of ether oxygens (including phenoxy) is 2. The van der Waals surface area contributed by atoms with Crippen molar-refractivity contribution in [1.29, 1.82) is 0 Å². The molecule has 1 N–H and O–H groups in total. The number of anilines is 2. The molecule has 0 unspecified atom stereocenters. The van der Waals surface area contributed by atoms with E-state index < -0.39 is 34.1 Å². The van der Waals surface area contributed by atoms with Gasteiger partial charge in [0, 0.05) is 10.7 Å². The van der Waals surface area contributed by atoms with Gasteiger partial charge in [-0.25, -0.2) is 8.42 Å². The van der Waals surface area contributed by atoms with Crippen molar-refractivity contribution in [2.45, 2.75) is 17.4 Å². The van der Waals surface area contributed by atoms with Gasteiger partial charge in [0.05, 0.1) is 17.1 Å². The number of carbonyl (C=O) groups is 1. The molecular weight excluding hydrogens is 497 g/mol. The fraction of sp³-hybridized carbons (Fsp3) is 0.136. The second-order valence-corrected chi connectivity index (χ2v) is 9.43. The molecule has 1 heterocycles. The molecule has 0 aromatic heterocycles. The predicted octanol–water partition coefficient (Wildman–Crippen LogP) is 4.83. The highest BCUT2D eigenvalue weighted by atomic mass is 35.5. The van der Waals surface area contributed by atoms with Gasteiger partial charge in [0.1, 0.15) is 11.5 Å². The number of carbonyl (C=O) groups excluding carboxylic acids is 1. The molecule has 0 spiro atoms. The largest absolute Gasteiger partial charge is 0.573 e. The fourth-order valence-corrected chi connectivity index (χ4v) is 4.93. The molecule has 0 radical (unpaired) electrons. The number of hydrogen-bond donors (Lipinski definition) is 1. The van der Waals surface area contributed by atoms with Crippen LogP contribution in [0.5, 0.6) is 11.5 Å². The summed E-state index contributed by atoms with van der Waals surface area (Å²) in [5, 5.41) is 2.78. The number of alkyl halides is 3. The normalized spacial score (nSPS) is 15.8. The van der Waals surface area contributed by atoms with Crippen molar-refractivity contribution in [2.24, 2.45) is 0 Å². The van der Waals surface area contributed by atoms with Gasteiger partial charge >= 0.3 is 6.36 Å². The van der Waals surface area contributed by atoms with Crippen molar-refractivity contribution < 1.29 is 35.9 Å². The van der Waals surface area contributed by atoms with Crippen molar-refractivity contribution in [1.82, 2.24) is 0 Å². The maximum atomic E-state index is 13.3. The Morgan fingerprint density at radius 2 is 1.74 bits per heavy atom. The molecule has 12 heteroatoms. The van der Waals surface area contributed by atoms with Crippen LogP contribution in [0, 0.1) is 0 Å². The molecule has 0 saturated carbocycles. The number of halogens is 4. The summed E-state index contributed by atoms with van der Waals surface area (Å²) >= 11 is 6.06. The lowest BCUT2D eigenvalue weighted by Crippen LogP contribution is -2.48. The minimum Gasteiger partial charge on any atom is -0.476 e. The van der Waals surface area contributed by atoms with E-state index in [1.54, 1.807) is 18.2 Å². The molecule has 1 aliphatic rings. The van der Waals surface area contributed by atoms with E-state index in [4.69, 9.17) is 16.3 Å². The first-order valence-corrected chi connectivity index (χ1v) is 11.6. The Bertz CT molecular complexity index is 1300. The summed E-state index contributed by atoms with van der Waals surface area (Å²) in [6, 6.07) is 16.5. The van der Waals surface area contributed by atoms with Crippen molar-refractivity contribution >= 4 is 38.9 Å². The number of fused-ring (bicyclic) bond motifs is 1. The van der Waals surface area contributed by atoms with E-state index in [0.29, 0.717) is 0 Å². The van der Waals surface area contributed by atoms with Gasteiger partial charge < -0.3 is 14.8 Å². The van der Waals surface area contributed by atoms with Gasteiger partial charge in [-0.3, -0.25) is 9.10 Å². The standard InChI is InChI=1S/C22H16ClF3N2O5S/c23-14-6-11-19-18(12-14)28(34(30,31)17-4-2-1-3-5-17)13-20(32-19)21(29)27-15-7-9-16(10-8-15)33-22(24,25)26/h1-12,20H,13H2,(H,27,29)/t20-/m1/s1. The van der Waals surface area contributed by atoms with Crippen molar-refractivity contribution in [3.05, 3.63) is 77.8 Å². The van der Waals surface area contributed by atoms with Crippen LogP contribution in [-0.2, 0) is 14.8 Å². The number of sulfonamides is 1. The average molecular weight is 513 g/mol. The number of amides is 1. The smallest absolute Gasteiger partial charge is 0.476 e. The van der Waals surface area contributed by atoms with Crippen LogP contribution in [0.1, 0.15) is 0 Å². The van der Waals surface area contributed by atoms with Gasteiger partial charge in [0.15, 0.2) is 6.10 Å². The third-order valence-electron chi connectivity index (χ3n) is 4.77. The molecule has 1 atom stereocenters. The van der Waals surface area contributed by atoms with Crippen LogP contribution in [0.3, 0.4) is 0 Å². The highest BCUT2D eigenvalue weighted by molar-refractivity contribution is 7.92. The summed E-state index contributed by atoms with van der Waals surface area (Å²) < 4.78 is 74.2. The summed E-state index contributed by atoms with van der Waals surface area (Å²) in [5.41, 5.74) is 0.344. The van der Waals surface area contributed by atoms with E-state index in [2.05, 4.69) is 10.1 Å². The second-order valence-electron chi connectivity index (χ2n) is 7.13. The molecule has 0 bridgehead atoms. The lowest BCUT2D eigenvalue weighted by atomic mass is 10.2. The van der Waals surface area contributed by atoms with E-state index >= 15 is 0 Å². The van der Waals surface area contributed by atoms with Gasteiger partial charge in [0.25, 0.3) is 15.9 Å². The fourth-order valence-electron chi connectivity index (χ4n) is 3.27. The minimum atomic E-state index is -4.84. The van der Waals surface area contributed by atoms with Gasteiger partial charge in [-0.05, 0) is 54.6 Å². The molecule has 7 nitrogen and oxygen atoms in total. The molecule has 178 valence electrons. The Kier molecular flexibility index (Phi) is 6.32. The van der Waals surface area contributed by atoms with Crippen LogP contribution in [0.25, 0.3) is 0 Å².